The molecule has 0 unspecified atom stereocenters. The van der Waals surface area contributed by atoms with Gasteiger partial charge in [-0.15, -0.1) is 0 Å². The topological polar surface area (TPSA) is 55.4 Å². The van der Waals surface area contributed by atoms with Crippen LogP contribution in [0.3, 0.4) is 0 Å². The van der Waals surface area contributed by atoms with Crippen LogP contribution in [0.4, 0.5) is 5.69 Å². The number of anilines is 1. The van der Waals surface area contributed by atoms with Crippen LogP contribution in [0.15, 0.2) is 53.4 Å². The van der Waals surface area contributed by atoms with Crippen LogP contribution in [0.5, 0.6) is 5.75 Å². The summed E-state index contributed by atoms with van der Waals surface area (Å²) in [5.74, 6) is 0.681. The molecule has 0 aliphatic rings. The molecular weight excluding hydrogens is 274 g/mol. The van der Waals surface area contributed by atoms with Crippen LogP contribution < -0.4 is 9.46 Å². The van der Waals surface area contributed by atoms with E-state index >= 15 is 0 Å². The lowest BCUT2D eigenvalue weighted by Gasteiger charge is -2.09. The number of rotatable bonds is 5. The molecule has 0 amide bonds. The zero-order valence-electron chi connectivity index (χ0n) is 11.5. The Morgan fingerprint density at radius 1 is 1.00 bits per heavy atom. The molecule has 4 nitrogen and oxygen atoms in total. The minimum absolute atomic E-state index is 0.255. The molecule has 0 saturated carbocycles. The Balaban J connectivity index is 2.20. The van der Waals surface area contributed by atoms with Crippen molar-refractivity contribution in [3.8, 4) is 5.75 Å². The number of methoxy groups -OCH3 is 1. The van der Waals surface area contributed by atoms with Crippen molar-refractivity contribution in [2.45, 2.75) is 18.2 Å². The highest BCUT2D eigenvalue weighted by Gasteiger charge is 2.13. The molecule has 0 aliphatic carbocycles. The summed E-state index contributed by atoms with van der Waals surface area (Å²) in [5.41, 5.74) is 1.61. The molecule has 0 bridgehead atoms. The van der Waals surface area contributed by atoms with E-state index in [-0.39, 0.29) is 4.90 Å². The van der Waals surface area contributed by atoms with Gasteiger partial charge in [0.1, 0.15) is 5.75 Å². The van der Waals surface area contributed by atoms with Gasteiger partial charge in [0.25, 0.3) is 10.0 Å². The van der Waals surface area contributed by atoms with Crippen LogP contribution in [-0.2, 0) is 16.4 Å². The van der Waals surface area contributed by atoms with E-state index in [0.29, 0.717) is 11.4 Å². The molecular formula is C15H17NO3S. The van der Waals surface area contributed by atoms with Gasteiger partial charge >= 0.3 is 0 Å². The zero-order valence-corrected chi connectivity index (χ0v) is 12.3. The molecule has 0 heterocycles. The Morgan fingerprint density at radius 2 is 1.60 bits per heavy atom. The Kier molecular flexibility index (Phi) is 4.29. The molecule has 5 heteroatoms. The molecule has 106 valence electrons. The van der Waals surface area contributed by atoms with E-state index in [2.05, 4.69) is 4.72 Å². The third kappa shape index (κ3) is 3.30. The number of benzene rings is 2. The van der Waals surface area contributed by atoms with Crippen molar-refractivity contribution in [3.63, 3.8) is 0 Å². The highest BCUT2D eigenvalue weighted by Crippen LogP contribution is 2.19. The van der Waals surface area contributed by atoms with Gasteiger partial charge in [-0.3, -0.25) is 4.72 Å². The maximum Gasteiger partial charge on any atom is 0.261 e. The van der Waals surface area contributed by atoms with Crippen molar-refractivity contribution < 1.29 is 13.2 Å². The normalized spacial score (nSPS) is 11.1. The first-order valence-electron chi connectivity index (χ1n) is 6.31. The Hall–Kier alpha value is -2.01. The first kappa shape index (κ1) is 14.4. The lowest BCUT2D eigenvalue weighted by molar-refractivity contribution is 0.415. The van der Waals surface area contributed by atoms with E-state index < -0.39 is 10.0 Å². The number of ether oxygens (including phenoxy) is 1. The molecule has 2 rings (SSSR count). The predicted octanol–water partition coefficient (Wildman–Crippen LogP) is 3.06. The third-order valence-corrected chi connectivity index (χ3v) is 4.38. The molecule has 0 spiro atoms. The van der Waals surface area contributed by atoms with Crippen molar-refractivity contribution in [1.29, 1.82) is 0 Å². The minimum atomic E-state index is -3.55. The van der Waals surface area contributed by atoms with Gasteiger partial charge in [0.2, 0.25) is 0 Å². The van der Waals surface area contributed by atoms with Gasteiger partial charge in [-0.2, -0.15) is 0 Å². The van der Waals surface area contributed by atoms with Crippen LogP contribution in [0.1, 0.15) is 12.5 Å². The average Bonchev–Trinajstić information content (AvgIpc) is 2.48. The summed E-state index contributed by atoms with van der Waals surface area (Å²) in [4.78, 5) is 0.255. The molecule has 2 aromatic carbocycles. The second-order valence-corrected chi connectivity index (χ2v) is 6.01. The van der Waals surface area contributed by atoms with Gasteiger partial charge in [0.15, 0.2) is 0 Å². The maximum atomic E-state index is 12.2. The molecule has 0 aromatic heterocycles. The maximum absolute atomic E-state index is 12.2. The van der Waals surface area contributed by atoms with Gasteiger partial charge < -0.3 is 4.74 Å². The van der Waals surface area contributed by atoms with Gasteiger partial charge in [-0.05, 0) is 48.4 Å². The minimum Gasteiger partial charge on any atom is -0.497 e. The number of aryl methyl sites for hydroxylation is 1. The van der Waals surface area contributed by atoms with Gasteiger partial charge in [0, 0.05) is 5.69 Å². The van der Waals surface area contributed by atoms with E-state index in [1.807, 2.05) is 19.1 Å². The smallest absolute Gasteiger partial charge is 0.261 e. The van der Waals surface area contributed by atoms with Crippen LogP contribution in [0, 0.1) is 0 Å². The predicted molar refractivity (Wildman–Crippen MR) is 79.6 cm³/mol. The van der Waals surface area contributed by atoms with Gasteiger partial charge in [-0.1, -0.05) is 19.1 Å². The second-order valence-electron chi connectivity index (χ2n) is 4.33. The summed E-state index contributed by atoms with van der Waals surface area (Å²) in [6, 6.07) is 13.6. The quantitative estimate of drug-likeness (QED) is 0.921. The van der Waals surface area contributed by atoms with Crippen LogP contribution in [0.25, 0.3) is 0 Å². The molecule has 20 heavy (non-hydrogen) atoms. The lowest BCUT2D eigenvalue weighted by atomic mass is 10.2. The summed E-state index contributed by atoms with van der Waals surface area (Å²) in [6.45, 7) is 2.03. The molecule has 0 atom stereocenters. The van der Waals surface area contributed by atoms with Crippen LogP contribution in [-0.4, -0.2) is 15.5 Å². The molecule has 0 saturated heterocycles. The summed E-state index contributed by atoms with van der Waals surface area (Å²) in [6.07, 6.45) is 0.881. The molecule has 0 aliphatic heterocycles. The van der Waals surface area contributed by atoms with E-state index in [9.17, 15) is 8.42 Å². The van der Waals surface area contributed by atoms with Gasteiger partial charge in [0.05, 0.1) is 12.0 Å². The third-order valence-electron chi connectivity index (χ3n) is 2.98. The summed E-state index contributed by atoms with van der Waals surface area (Å²) in [7, 11) is -1.98. The van der Waals surface area contributed by atoms with E-state index in [0.717, 1.165) is 12.0 Å². The standard InChI is InChI=1S/C15H17NO3S/c1-3-12-4-10-15(11-5-12)20(17,18)16-13-6-8-14(19-2)9-7-13/h4-11,16H,3H2,1-2H3. The number of hydrogen-bond acceptors (Lipinski definition) is 3. The Morgan fingerprint density at radius 3 is 2.10 bits per heavy atom. The summed E-state index contributed by atoms with van der Waals surface area (Å²) >= 11 is 0. The van der Waals surface area contributed by atoms with Crippen molar-refractivity contribution in [1.82, 2.24) is 0 Å². The molecule has 0 radical (unpaired) electrons. The lowest BCUT2D eigenvalue weighted by Crippen LogP contribution is -2.12. The molecule has 1 N–H and O–H groups in total. The first-order valence-corrected chi connectivity index (χ1v) is 7.79. The number of sulfonamides is 1. The molecule has 0 fully saturated rings. The van der Waals surface area contributed by atoms with Crippen molar-refractivity contribution in [2.75, 3.05) is 11.8 Å². The monoisotopic (exact) mass is 291 g/mol. The number of hydrogen-bond donors (Lipinski definition) is 1. The zero-order chi connectivity index (χ0) is 14.6. The van der Waals surface area contributed by atoms with Gasteiger partial charge in [-0.25, -0.2) is 8.42 Å². The Bertz CT molecular complexity index is 661. The molecule has 2 aromatic rings. The fraction of sp³-hybridized carbons (Fsp3) is 0.200. The SMILES string of the molecule is CCc1ccc(S(=O)(=O)Nc2ccc(OC)cc2)cc1. The number of nitrogens with one attached hydrogen (secondary N) is 1. The van der Waals surface area contributed by atoms with E-state index in [1.54, 1.807) is 43.5 Å². The average molecular weight is 291 g/mol. The van der Waals surface area contributed by atoms with Crippen LogP contribution >= 0.6 is 0 Å². The fourth-order valence-corrected chi connectivity index (χ4v) is 2.84. The van der Waals surface area contributed by atoms with Crippen LogP contribution in [0.2, 0.25) is 0 Å². The van der Waals surface area contributed by atoms with E-state index in [1.165, 1.54) is 0 Å². The van der Waals surface area contributed by atoms with Crippen molar-refractivity contribution in [2.24, 2.45) is 0 Å². The van der Waals surface area contributed by atoms with Crippen molar-refractivity contribution >= 4 is 15.7 Å². The summed E-state index contributed by atoms with van der Waals surface area (Å²) < 4.78 is 32.0. The Labute approximate surface area is 119 Å². The van der Waals surface area contributed by atoms with E-state index in [4.69, 9.17) is 4.74 Å². The van der Waals surface area contributed by atoms with Crippen molar-refractivity contribution in [3.05, 3.63) is 54.1 Å². The summed E-state index contributed by atoms with van der Waals surface area (Å²) in [5, 5.41) is 0. The first-order chi connectivity index (χ1) is 9.55. The largest absolute Gasteiger partial charge is 0.497 e. The fourth-order valence-electron chi connectivity index (χ4n) is 1.78. The highest BCUT2D eigenvalue weighted by molar-refractivity contribution is 7.92. The highest BCUT2D eigenvalue weighted by atomic mass is 32.2. The second kappa shape index (κ2) is 5.96.